The van der Waals surface area contributed by atoms with Crippen LogP contribution in [0.3, 0.4) is 0 Å². The van der Waals surface area contributed by atoms with Crippen molar-refractivity contribution in [1.82, 2.24) is 0 Å². The highest BCUT2D eigenvalue weighted by Gasteiger charge is 2.25. The highest BCUT2D eigenvalue weighted by molar-refractivity contribution is 5.21. The molecule has 1 nitrogen and oxygen atoms in total. The van der Waals surface area contributed by atoms with Crippen LogP contribution < -0.4 is 0 Å². The van der Waals surface area contributed by atoms with Crippen LogP contribution in [0.15, 0.2) is 24.3 Å². The van der Waals surface area contributed by atoms with Gasteiger partial charge in [0.1, 0.15) is 0 Å². The van der Waals surface area contributed by atoms with Gasteiger partial charge in [-0.1, -0.05) is 49.6 Å². The highest BCUT2D eigenvalue weighted by Crippen LogP contribution is 2.31. The molecular weight excluding hydrogens is 208 g/mol. The number of aliphatic hydroxyl groups is 1. The molecule has 1 heteroatoms. The second kappa shape index (κ2) is 5.68. The fourth-order valence-electron chi connectivity index (χ4n) is 2.96. The molecule has 1 fully saturated rings. The first-order valence-electron chi connectivity index (χ1n) is 6.89. The van der Waals surface area contributed by atoms with E-state index in [0.29, 0.717) is 5.92 Å². The van der Waals surface area contributed by atoms with E-state index in [9.17, 15) is 5.11 Å². The predicted octanol–water partition coefficient (Wildman–Crippen LogP) is 3.72. The third kappa shape index (κ3) is 3.57. The molecule has 2 rings (SSSR count). The van der Waals surface area contributed by atoms with E-state index in [1.165, 1.54) is 36.8 Å². The molecular formula is C16H24O. The Morgan fingerprint density at radius 1 is 1.24 bits per heavy atom. The lowest BCUT2D eigenvalue weighted by Gasteiger charge is -2.30. The van der Waals surface area contributed by atoms with Gasteiger partial charge in [0.2, 0.25) is 0 Å². The average Bonchev–Trinajstić information content (AvgIpc) is 2.32. The van der Waals surface area contributed by atoms with E-state index in [-0.39, 0.29) is 6.10 Å². The SMILES string of the molecule is Cc1ccc(CC(O)C2CCCC(C)C2)cc1. The third-order valence-corrected chi connectivity index (χ3v) is 4.09. The van der Waals surface area contributed by atoms with Gasteiger partial charge in [-0.25, -0.2) is 0 Å². The van der Waals surface area contributed by atoms with Crippen molar-refractivity contribution in [1.29, 1.82) is 0 Å². The molecule has 1 aromatic rings. The van der Waals surface area contributed by atoms with Gasteiger partial charge in [0.25, 0.3) is 0 Å². The molecule has 0 bridgehead atoms. The molecule has 1 aliphatic carbocycles. The van der Waals surface area contributed by atoms with Crippen molar-refractivity contribution in [2.24, 2.45) is 11.8 Å². The summed E-state index contributed by atoms with van der Waals surface area (Å²) in [5.74, 6) is 1.31. The Morgan fingerprint density at radius 3 is 2.59 bits per heavy atom. The van der Waals surface area contributed by atoms with Gasteiger partial charge in [-0.2, -0.15) is 0 Å². The van der Waals surface area contributed by atoms with Crippen LogP contribution in [-0.4, -0.2) is 11.2 Å². The van der Waals surface area contributed by atoms with Gasteiger partial charge in [0, 0.05) is 0 Å². The minimum absolute atomic E-state index is 0.152. The minimum atomic E-state index is -0.152. The van der Waals surface area contributed by atoms with Gasteiger partial charge in [0.05, 0.1) is 6.10 Å². The van der Waals surface area contributed by atoms with Crippen LogP contribution >= 0.6 is 0 Å². The monoisotopic (exact) mass is 232 g/mol. The number of rotatable bonds is 3. The van der Waals surface area contributed by atoms with Crippen LogP contribution in [-0.2, 0) is 6.42 Å². The van der Waals surface area contributed by atoms with E-state index in [4.69, 9.17) is 0 Å². The van der Waals surface area contributed by atoms with Crippen LogP contribution in [0.1, 0.15) is 43.7 Å². The number of hydrogen-bond donors (Lipinski definition) is 1. The zero-order valence-electron chi connectivity index (χ0n) is 11.0. The van der Waals surface area contributed by atoms with Crippen LogP contribution in [0.2, 0.25) is 0 Å². The van der Waals surface area contributed by atoms with Gasteiger partial charge in [-0.3, -0.25) is 0 Å². The first-order valence-corrected chi connectivity index (χ1v) is 6.89. The predicted molar refractivity (Wildman–Crippen MR) is 72.0 cm³/mol. The quantitative estimate of drug-likeness (QED) is 0.842. The largest absolute Gasteiger partial charge is 0.392 e. The summed E-state index contributed by atoms with van der Waals surface area (Å²) in [5, 5.41) is 10.3. The van der Waals surface area contributed by atoms with E-state index in [0.717, 1.165) is 12.3 Å². The van der Waals surface area contributed by atoms with E-state index < -0.39 is 0 Å². The van der Waals surface area contributed by atoms with Crippen LogP contribution in [0.25, 0.3) is 0 Å². The molecule has 0 heterocycles. The Labute approximate surface area is 105 Å². The first kappa shape index (κ1) is 12.6. The Morgan fingerprint density at radius 2 is 1.94 bits per heavy atom. The Kier molecular flexibility index (Phi) is 4.22. The van der Waals surface area contributed by atoms with Gasteiger partial charge in [-0.05, 0) is 43.6 Å². The van der Waals surface area contributed by atoms with E-state index >= 15 is 0 Å². The number of hydrogen-bond acceptors (Lipinski definition) is 1. The fraction of sp³-hybridized carbons (Fsp3) is 0.625. The van der Waals surface area contributed by atoms with Crippen LogP contribution in [0.5, 0.6) is 0 Å². The van der Waals surface area contributed by atoms with Crippen LogP contribution in [0.4, 0.5) is 0 Å². The first-order chi connectivity index (χ1) is 8.15. The van der Waals surface area contributed by atoms with Crippen molar-refractivity contribution in [2.75, 3.05) is 0 Å². The topological polar surface area (TPSA) is 20.2 Å². The average molecular weight is 232 g/mol. The maximum Gasteiger partial charge on any atom is 0.0608 e. The van der Waals surface area contributed by atoms with Gasteiger partial charge in [0.15, 0.2) is 0 Å². The lowest BCUT2D eigenvalue weighted by Crippen LogP contribution is -2.27. The summed E-state index contributed by atoms with van der Waals surface area (Å²) in [6.07, 6.45) is 5.70. The number of benzene rings is 1. The van der Waals surface area contributed by atoms with Crippen molar-refractivity contribution in [3.8, 4) is 0 Å². The normalized spacial score (nSPS) is 26.8. The molecule has 0 saturated heterocycles. The summed E-state index contributed by atoms with van der Waals surface area (Å²) < 4.78 is 0. The summed E-state index contributed by atoms with van der Waals surface area (Å²) in [5.41, 5.74) is 2.55. The molecule has 1 N–H and O–H groups in total. The summed E-state index contributed by atoms with van der Waals surface area (Å²) in [4.78, 5) is 0. The maximum atomic E-state index is 10.3. The van der Waals surface area contributed by atoms with E-state index in [1.807, 2.05) is 0 Å². The third-order valence-electron chi connectivity index (χ3n) is 4.09. The summed E-state index contributed by atoms with van der Waals surface area (Å²) in [6.45, 7) is 4.41. The molecule has 94 valence electrons. The number of aryl methyl sites for hydroxylation is 1. The second-order valence-corrected chi connectivity index (χ2v) is 5.79. The van der Waals surface area contributed by atoms with E-state index in [1.54, 1.807) is 0 Å². The summed E-state index contributed by atoms with van der Waals surface area (Å²) >= 11 is 0. The Hall–Kier alpha value is -0.820. The van der Waals surface area contributed by atoms with Crippen LogP contribution in [0, 0.1) is 18.8 Å². The van der Waals surface area contributed by atoms with Gasteiger partial charge in [-0.15, -0.1) is 0 Å². The lowest BCUT2D eigenvalue weighted by molar-refractivity contribution is 0.0720. The fourth-order valence-corrected chi connectivity index (χ4v) is 2.96. The highest BCUT2D eigenvalue weighted by atomic mass is 16.3. The minimum Gasteiger partial charge on any atom is -0.392 e. The van der Waals surface area contributed by atoms with Crippen molar-refractivity contribution in [3.05, 3.63) is 35.4 Å². The van der Waals surface area contributed by atoms with Gasteiger partial charge < -0.3 is 5.11 Å². The molecule has 1 aromatic carbocycles. The Balaban J connectivity index is 1.91. The molecule has 0 amide bonds. The molecule has 17 heavy (non-hydrogen) atoms. The van der Waals surface area contributed by atoms with Crippen molar-refractivity contribution < 1.29 is 5.11 Å². The molecule has 0 aromatic heterocycles. The van der Waals surface area contributed by atoms with Crippen molar-refractivity contribution >= 4 is 0 Å². The summed E-state index contributed by atoms with van der Waals surface area (Å²) in [6, 6.07) is 8.55. The molecule has 1 saturated carbocycles. The van der Waals surface area contributed by atoms with E-state index in [2.05, 4.69) is 38.1 Å². The Bertz CT molecular complexity index is 341. The van der Waals surface area contributed by atoms with Gasteiger partial charge >= 0.3 is 0 Å². The lowest BCUT2D eigenvalue weighted by atomic mass is 9.78. The molecule has 3 unspecified atom stereocenters. The zero-order valence-corrected chi connectivity index (χ0v) is 11.0. The molecule has 0 aliphatic heterocycles. The second-order valence-electron chi connectivity index (χ2n) is 5.79. The smallest absolute Gasteiger partial charge is 0.0608 e. The molecule has 1 aliphatic rings. The zero-order chi connectivity index (χ0) is 12.3. The maximum absolute atomic E-state index is 10.3. The molecule has 3 atom stereocenters. The van der Waals surface area contributed by atoms with Crippen molar-refractivity contribution in [2.45, 2.75) is 52.1 Å². The molecule has 0 radical (unpaired) electrons. The van der Waals surface area contributed by atoms with Crippen molar-refractivity contribution in [3.63, 3.8) is 0 Å². The molecule has 0 spiro atoms. The summed E-state index contributed by atoms with van der Waals surface area (Å²) in [7, 11) is 0. The number of aliphatic hydroxyl groups excluding tert-OH is 1. The standard InChI is InChI=1S/C16H24O/c1-12-6-8-14(9-7-12)11-16(17)15-5-3-4-13(2)10-15/h6-9,13,15-17H,3-5,10-11H2,1-2H3.